The van der Waals surface area contributed by atoms with Crippen LogP contribution in [-0.4, -0.2) is 54.4 Å². The van der Waals surface area contributed by atoms with Crippen LogP contribution in [0.2, 0.25) is 0 Å². The Bertz CT molecular complexity index is 298. The van der Waals surface area contributed by atoms with E-state index in [4.69, 9.17) is 0 Å². The minimum absolute atomic E-state index is 0.178. The minimum atomic E-state index is -0.776. The summed E-state index contributed by atoms with van der Waals surface area (Å²) in [5, 5.41) is 15.7. The van der Waals surface area contributed by atoms with E-state index in [1.807, 2.05) is 13.8 Å². The van der Waals surface area contributed by atoms with Crippen molar-refractivity contribution in [2.45, 2.75) is 58.5 Å². The van der Waals surface area contributed by atoms with E-state index in [2.05, 4.69) is 22.5 Å². The summed E-state index contributed by atoms with van der Waals surface area (Å²) in [7, 11) is 0. The molecule has 0 atom stereocenters. The molecule has 5 nitrogen and oxygen atoms in total. The van der Waals surface area contributed by atoms with Crippen molar-refractivity contribution in [3.8, 4) is 0 Å². The van der Waals surface area contributed by atoms with Gasteiger partial charge in [-0.05, 0) is 57.7 Å². The Morgan fingerprint density at radius 1 is 1.24 bits per heavy atom. The number of piperidine rings is 1. The van der Waals surface area contributed by atoms with Gasteiger partial charge < -0.3 is 20.6 Å². The molecule has 2 amide bonds. The van der Waals surface area contributed by atoms with Gasteiger partial charge in [0.15, 0.2) is 0 Å². The van der Waals surface area contributed by atoms with Gasteiger partial charge in [0, 0.05) is 13.1 Å². The quantitative estimate of drug-likeness (QED) is 0.600. The van der Waals surface area contributed by atoms with E-state index < -0.39 is 5.60 Å². The van der Waals surface area contributed by atoms with Gasteiger partial charge >= 0.3 is 6.03 Å². The first-order valence-corrected chi connectivity index (χ1v) is 8.45. The molecule has 1 saturated heterocycles. The highest BCUT2D eigenvalue weighted by Crippen LogP contribution is 2.15. The summed E-state index contributed by atoms with van der Waals surface area (Å²) in [6, 6.07) is -0.178. The third-order valence-electron chi connectivity index (χ3n) is 4.71. The maximum absolute atomic E-state index is 11.7. The van der Waals surface area contributed by atoms with Crippen LogP contribution < -0.4 is 10.6 Å². The van der Waals surface area contributed by atoms with Crippen LogP contribution in [0.15, 0.2) is 0 Å². The lowest BCUT2D eigenvalue weighted by Gasteiger charge is -2.30. The number of hydrogen-bond donors (Lipinski definition) is 3. The number of urea groups is 1. The van der Waals surface area contributed by atoms with Gasteiger partial charge in [-0.2, -0.15) is 0 Å². The number of aliphatic hydroxyl groups is 1. The van der Waals surface area contributed by atoms with Crippen LogP contribution in [0.3, 0.4) is 0 Å². The molecular weight excluding hydrogens is 266 g/mol. The average molecular weight is 299 g/mol. The Labute approximate surface area is 129 Å². The molecule has 1 fully saturated rings. The molecule has 1 rings (SSSR count). The van der Waals surface area contributed by atoms with Crippen LogP contribution in [0.25, 0.3) is 0 Å². The molecule has 0 aromatic heterocycles. The lowest BCUT2D eigenvalue weighted by molar-refractivity contribution is 0.0349. The fourth-order valence-corrected chi connectivity index (χ4v) is 2.60. The SMILES string of the molecule is CCC(O)(CC)CNC(=O)NCCCN1CCC(C)CC1. The van der Waals surface area contributed by atoms with Crippen molar-refractivity contribution in [1.82, 2.24) is 15.5 Å². The molecule has 0 aliphatic carbocycles. The number of nitrogens with zero attached hydrogens (tertiary/aromatic N) is 1. The fraction of sp³-hybridized carbons (Fsp3) is 0.938. The van der Waals surface area contributed by atoms with Crippen molar-refractivity contribution in [3.05, 3.63) is 0 Å². The summed E-state index contributed by atoms with van der Waals surface area (Å²) in [5.41, 5.74) is -0.776. The molecule has 21 heavy (non-hydrogen) atoms. The third kappa shape index (κ3) is 7.14. The van der Waals surface area contributed by atoms with Crippen LogP contribution in [0.1, 0.15) is 52.9 Å². The largest absolute Gasteiger partial charge is 0.388 e. The zero-order chi connectivity index (χ0) is 15.7. The predicted molar refractivity (Wildman–Crippen MR) is 86.4 cm³/mol. The topological polar surface area (TPSA) is 64.6 Å². The minimum Gasteiger partial charge on any atom is -0.388 e. The molecular formula is C16H33N3O2. The number of nitrogens with one attached hydrogen (secondary N) is 2. The summed E-state index contributed by atoms with van der Waals surface area (Å²) >= 11 is 0. The first-order valence-electron chi connectivity index (χ1n) is 8.45. The van der Waals surface area contributed by atoms with Gasteiger partial charge in [0.2, 0.25) is 0 Å². The van der Waals surface area contributed by atoms with E-state index in [0.717, 1.165) is 18.9 Å². The molecule has 0 aromatic rings. The van der Waals surface area contributed by atoms with E-state index in [1.165, 1.54) is 25.9 Å². The summed E-state index contributed by atoms with van der Waals surface area (Å²) in [6.45, 7) is 10.6. The Hall–Kier alpha value is -0.810. The molecule has 3 N–H and O–H groups in total. The average Bonchev–Trinajstić information content (AvgIpc) is 2.51. The highest BCUT2D eigenvalue weighted by molar-refractivity contribution is 5.73. The molecule has 1 aliphatic heterocycles. The molecule has 1 aliphatic rings. The number of rotatable bonds is 8. The van der Waals surface area contributed by atoms with Crippen LogP contribution in [0, 0.1) is 5.92 Å². The van der Waals surface area contributed by atoms with Gasteiger partial charge in [-0.1, -0.05) is 20.8 Å². The Kier molecular flexibility index (Phi) is 8.04. The van der Waals surface area contributed by atoms with E-state index in [9.17, 15) is 9.90 Å². The van der Waals surface area contributed by atoms with Gasteiger partial charge in [-0.25, -0.2) is 4.79 Å². The molecule has 124 valence electrons. The van der Waals surface area contributed by atoms with E-state index >= 15 is 0 Å². The summed E-state index contributed by atoms with van der Waals surface area (Å²) < 4.78 is 0. The van der Waals surface area contributed by atoms with Crippen molar-refractivity contribution in [3.63, 3.8) is 0 Å². The first-order chi connectivity index (χ1) is 9.99. The Morgan fingerprint density at radius 3 is 2.43 bits per heavy atom. The molecule has 0 bridgehead atoms. The molecule has 1 heterocycles. The zero-order valence-electron chi connectivity index (χ0n) is 14.0. The second-order valence-corrected chi connectivity index (χ2v) is 6.42. The van der Waals surface area contributed by atoms with E-state index in [-0.39, 0.29) is 6.03 Å². The number of hydrogen-bond acceptors (Lipinski definition) is 3. The lowest BCUT2D eigenvalue weighted by Crippen LogP contribution is -2.46. The molecule has 0 aromatic carbocycles. The van der Waals surface area contributed by atoms with Gasteiger partial charge in [-0.3, -0.25) is 0 Å². The number of amides is 2. The number of likely N-dealkylation sites (tertiary alicyclic amines) is 1. The summed E-state index contributed by atoms with van der Waals surface area (Å²) in [6.07, 6.45) is 4.86. The van der Waals surface area contributed by atoms with E-state index in [1.54, 1.807) is 0 Å². The third-order valence-corrected chi connectivity index (χ3v) is 4.71. The van der Waals surface area contributed by atoms with Crippen molar-refractivity contribution >= 4 is 6.03 Å². The first kappa shape index (κ1) is 18.2. The van der Waals surface area contributed by atoms with Gasteiger partial charge in [0.05, 0.1) is 5.60 Å². The van der Waals surface area contributed by atoms with Gasteiger partial charge in [-0.15, -0.1) is 0 Å². The monoisotopic (exact) mass is 299 g/mol. The zero-order valence-corrected chi connectivity index (χ0v) is 14.0. The Balaban J connectivity index is 2.06. The van der Waals surface area contributed by atoms with Crippen LogP contribution in [0.4, 0.5) is 4.79 Å². The molecule has 5 heteroatoms. The standard InChI is InChI=1S/C16H33N3O2/c1-4-16(21,5-2)13-18-15(20)17-9-6-10-19-11-7-14(3)8-12-19/h14,21H,4-13H2,1-3H3,(H2,17,18,20). The predicted octanol–water partition coefficient (Wildman–Crippen LogP) is 1.96. The van der Waals surface area contributed by atoms with Crippen molar-refractivity contribution in [1.29, 1.82) is 0 Å². The molecule has 0 unspecified atom stereocenters. The number of carbonyl (C=O) groups excluding carboxylic acids is 1. The van der Waals surface area contributed by atoms with Crippen molar-refractivity contribution in [2.75, 3.05) is 32.7 Å². The maximum atomic E-state index is 11.7. The molecule has 0 saturated carbocycles. The van der Waals surface area contributed by atoms with Crippen molar-refractivity contribution in [2.24, 2.45) is 5.92 Å². The second kappa shape index (κ2) is 9.26. The normalized spacial score (nSPS) is 17.7. The lowest BCUT2D eigenvalue weighted by atomic mass is 9.98. The van der Waals surface area contributed by atoms with Crippen molar-refractivity contribution < 1.29 is 9.90 Å². The maximum Gasteiger partial charge on any atom is 0.314 e. The second-order valence-electron chi connectivity index (χ2n) is 6.42. The smallest absolute Gasteiger partial charge is 0.314 e. The molecule has 0 radical (unpaired) electrons. The molecule has 0 spiro atoms. The fourth-order valence-electron chi connectivity index (χ4n) is 2.60. The van der Waals surface area contributed by atoms with Gasteiger partial charge in [0.1, 0.15) is 0 Å². The summed E-state index contributed by atoms with van der Waals surface area (Å²) in [4.78, 5) is 14.1. The number of carbonyl (C=O) groups is 1. The van der Waals surface area contributed by atoms with Gasteiger partial charge in [0.25, 0.3) is 0 Å². The van der Waals surface area contributed by atoms with Crippen LogP contribution >= 0.6 is 0 Å². The van der Waals surface area contributed by atoms with Crippen LogP contribution in [0.5, 0.6) is 0 Å². The van der Waals surface area contributed by atoms with Crippen LogP contribution in [-0.2, 0) is 0 Å². The highest BCUT2D eigenvalue weighted by atomic mass is 16.3. The Morgan fingerprint density at radius 2 is 1.86 bits per heavy atom. The summed E-state index contributed by atoms with van der Waals surface area (Å²) in [5.74, 6) is 0.862. The van der Waals surface area contributed by atoms with E-state index in [0.29, 0.717) is 25.9 Å². The highest BCUT2D eigenvalue weighted by Gasteiger charge is 2.22.